The molecule has 0 spiro atoms. The number of aldehydes is 1. The molecule has 1 aliphatic rings. The van der Waals surface area contributed by atoms with E-state index < -0.39 is 23.4 Å². The number of carbonyl (C=O) groups excluding carboxylic acids is 3. The summed E-state index contributed by atoms with van der Waals surface area (Å²) in [4.78, 5) is 38.2. The van der Waals surface area contributed by atoms with Crippen molar-refractivity contribution >= 4 is 23.7 Å². The minimum absolute atomic E-state index is 0.0661. The molecule has 2 aromatic rings. The van der Waals surface area contributed by atoms with Gasteiger partial charge < -0.3 is 15.7 Å². The summed E-state index contributed by atoms with van der Waals surface area (Å²) in [5, 5.41) is 20.6. The fourth-order valence-electron chi connectivity index (χ4n) is 2.67. The third-order valence-corrected chi connectivity index (χ3v) is 3.82. The smallest absolute Gasteiger partial charge is 0.269 e. The van der Waals surface area contributed by atoms with E-state index in [2.05, 4.69) is 25.8 Å². The molecule has 1 amide bonds. The summed E-state index contributed by atoms with van der Waals surface area (Å²) in [6.07, 6.45) is 1.12. The van der Waals surface area contributed by atoms with E-state index in [4.69, 9.17) is 5.11 Å². The molecule has 25 heavy (non-hydrogen) atoms. The maximum Gasteiger partial charge on any atom is 0.269 e. The Morgan fingerprint density at radius 3 is 3.00 bits per heavy atom. The Balaban J connectivity index is 1.96. The molecule has 2 aromatic heterocycles. The number of aliphatic hydroxyl groups excluding tert-OH is 1. The van der Waals surface area contributed by atoms with Gasteiger partial charge in [0.1, 0.15) is 22.9 Å². The lowest BCUT2D eigenvalue weighted by Crippen LogP contribution is -2.26. The number of ketones is 1. The highest BCUT2D eigenvalue weighted by atomic mass is 19.1. The summed E-state index contributed by atoms with van der Waals surface area (Å²) in [5.41, 5.74) is 1.01. The SMILES string of the molecule is O=CC(=O)C1CNc2c(-c3cc(C(=O)NCCO)[nH]n3)ncc(F)c21. The fourth-order valence-corrected chi connectivity index (χ4v) is 2.67. The second kappa shape index (κ2) is 6.77. The van der Waals surface area contributed by atoms with Crippen LogP contribution in [-0.2, 0) is 9.59 Å². The molecule has 3 rings (SSSR count). The van der Waals surface area contributed by atoms with Crippen molar-refractivity contribution in [1.82, 2.24) is 20.5 Å². The highest BCUT2D eigenvalue weighted by molar-refractivity contribution is 6.28. The summed E-state index contributed by atoms with van der Waals surface area (Å²) in [7, 11) is 0. The van der Waals surface area contributed by atoms with Crippen LogP contribution >= 0.6 is 0 Å². The van der Waals surface area contributed by atoms with E-state index in [9.17, 15) is 18.8 Å². The number of aromatic nitrogens is 3. The zero-order chi connectivity index (χ0) is 18.0. The van der Waals surface area contributed by atoms with Gasteiger partial charge in [-0.15, -0.1) is 0 Å². The van der Waals surface area contributed by atoms with Gasteiger partial charge in [-0.25, -0.2) is 9.37 Å². The second-order valence-corrected chi connectivity index (χ2v) is 5.34. The Kier molecular flexibility index (Phi) is 4.52. The number of rotatable bonds is 6. The van der Waals surface area contributed by atoms with Crippen LogP contribution in [0.15, 0.2) is 12.3 Å². The van der Waals surface area contributed by atoms with E-state index in [1.807, 2.05) is 0 Å². The number of pyridine rings is 1. The van der Waals surface area contributed by atoms with Gasteiger partial charge in [0.05, 0.1) is 24.4 Å². The van der Waals surface area contributed by atoms with Crippen molar-refractivity contribution in [1.29, 1.82) is 0 Å². The van der Waals surface area contributed by atoms with Gasteiger partial charge in [0.25, 0.3) is 5.91 Å². The number of amides is 1. The van der Waals surface area contributed by atoms with Crippen LogP contribution in [0.5, 0.6) is 0 Å². The Hall–Kier alpha value is -3.14. The molecule has 1 atom stereocenters. The molecule has 0 fully saturated rings. The van der Waals surface area contributed by atoms with Crippen molar-refractivity contribution < 1.29 is 23.9 Å². The first-order chi connectivity index (χ1) is 12.1. The molecule has 0 radical (unpaired) electrons. The maximum atomic E-state index is 14.1. The van der Waals surface area contributed by atoms with Crippen LogP contribution in [0.2, 0.25) is 0 Å². The minimum Gasteiger partial charge on any atom is -0.395 e. The Bertz CT molecular complexity index is 850. The van der Waals surface area contributed by atoms with E-state index in [0.29, 0.717) is 0 Å². The molecule has 0 saturated carbocycles. The number of H-pyrrole nitrogens is 1. The van der Waals surface area contributed by atoms with Crippen LogP contribution in [0, 0.1) is 5.82 Å². The van der Waals surface area contributed by atoms with Crippen LogP contribution in [0.25, 0.3) is 11.4 Å². The maximum absolute atomic E-state index is 14.1. The summed E-state index contributed by atoms with van der Waals surface area (Å²) in [5.74, 6) is -2.80. The molecule has 1 unspecified atom stereocenters. The first kappa shape index (κ1) is 16.7. The molecule has 1 aliphatic heterocycles. The van der Waals surface area contributed by atoms with E-state index >= 15 is 0 Å². The Morgan fingerprint density at radius 1 is 1.48 bits per heavy atom. The number of aromatic amines is 1. The molecule has 0 saturated heterocycles. The first-order valence-electron chi connectivity index (χ1n) is 7.43. The predicted octanol–water partition coefficient (Wildman–Crippen LogP) is -0.390. The van der Waals surface area contributed by atoms with Crippen LogP contribution in [0.1, 0.15) is 22.0 Å². The first-order valence-corrected chi connectivity index (χ1v) is 7.43. The number of hydrogen-bond donors (Lipinski definition) is 4. The van der Waals surface area contributed by atoms with E-state index in [-0.39, 0.29) is 54.3 Å². The summed E-state index contributed by atoms with van der Waals surface area (Å²) >= 11 is 0. The Morgan fingerprint density at radius 2 is 2.28 bits per heavy atom. The molecule has 130 valence electrons. The largest absolute Gasteiger partial charge is 0.395 e. The van der Waals surface area contributed by atoms with E-state index in [0.717, 1.165) is 6.20 Å². The average Bonchev–Trinajstić information content (AvgIpc) is 3.27. The molecular formula is C15H14FN5O4. The van der Waals surface area contributed by atoms with Crippen molar-refractivity contribution in [3.8, 4) is 11.4 Å². The van der Waals surface area contributed by atoms with Crippen molar-refractivity contribution in [2.45, 2.75) is 5.92 Å². The van der Waals surface area contributed by atoms with Crippen LogP contribution in [0.4, 0.5) is 10.1 Å². The number of Topliss-reactive ketones (excluding diaryl/α,β-unsaturated/α-hetero) is 1. The predicted molar refractivity (Wildman–Crippen MR) is 83.5 cm³/mol. The number of aliphatic hydroxyl groups is 1. The van der Waals surface area contributed by atoms with Gasteiger partial charge >= 0.3 is 0 Å². The standard InChI is InChI=1S/C15H14FN5O4/c16-8-5-19-13(14-12(8)7(4-18-14)11(24)6-23)9-3-10(21-20-9)15(25)17-1-2-22/h3,5-7,18,22H,1-2,4H2,(H,17,25)(H,20,21). The Labute approximate surface area is 140 Å². The molecule has 0 aliphatic carbocycles. The number of fused-ring (bicyclic) bond motifs is 1. The molecule has 4 N–H and O–H groups in total. The third kappa shape index (κ3) is 2.98. The molecule has 9 nitrogen and oxygen atoms in total. The van der Waals surface area contributed by atoms with Gasteiger partial charge in [-0.05, 0) is 6.07 Å². The highest BCUT2D eigenvalue weighted by Gasteiger charge is 2.34. The van der Waals surface area contributed by atoms with E-state index in [1.165, 1.54) is 6.07 Å². The lowest BCUT2D eigenvalue weighted by molar-refractivity contribution is -0.130. The molecular weight excluding hydrogens is 333 g/mol. The number of hydrogen-bond acceptors (Lipinski definition) is 7. The lowest BCUT2D eigenvalue weighted by atomic mass is 9.96. The molecule has 0 aromatic carbocycles. The zero-order valence-corrected chi connectivity index (χ0v) is 12.9. The van der Waals surface area contributed by atoms with Crippen LogP contribution in [0.3, 0.4) is 0 Å². The number of carbonyl (C=O) groups is 3. The summed E-state index contributed by atoms with van der Waals surface area (Å²) < 4.78 is 14.1. The summed E-state index contributed by atoms with van der Waals surface area (Å²) in [6.45, 7) is -0.0267. The number of anilines is 1. The number of nitrogens with one attached hydrogen (secondary N) is 3. The highest BCUT2D eigenvalue weighted by Crippen LogP contribution is 2.39. The minimum atomic E-state index is -0.916. The van der Waals surface area contributed by atoms with Gasteiger partial charge in [0.2, 0.25) is 5.78 Å². The number of nitrogens with zero attached hydrogens (tertiary/aromatic N) is 2. The van der Waals surface area contributed by atoms with Crippen LogP contribution in [-0.4, -0.2) is 58.0 Å². The molecule has 10 heteroatoms. The topological polar surface area (TPSA) is 137 Å². The fraction of sp³-hybridized carbons (Fsp3) is 0.267. The van der Waals surface area contributed by atoms with Crippen molar-refractivity contribution in [3.05, 3.63) is 29.3 Å². The average molecular weight is 347 g/mol. The van der Waals surface area contributed by atoms with Gasteiger partial charge in [-0.1, -0.05) is 0 Å². The van der Waals surface area contributed by atoms with Crippen molar-refractivity contribution in [2.75, 3.05) is 25.0 Å². The van der Waals surface area contributed by atoms with Gasteiger partial charge in [-0.2, -0.15) is 5.10 Å². The summed E-state index contributed by atoms with van der Waals surface area (Å²) in [6, 6.07) is 1.42. The van der Waals surface area contributed by atoms with Crippen molar-refractivity contribution in [3.63, 3.8) is 0 Å². The number of halogens is 1. The quantitative estimate of drug-likeness (QED) is 0.412. The van der Waals surface area contributed by atoms with Crippen LogP contribution < -0.4 is 10.6 Å². The third-order valence-electron chi connectivity index (χ3n) is 3.82. The van der Waals surface area contributed by atoms with E-state index in [1.54, 1.807) is 0 Å². The van der Waals surface area contributed by atoms with Crippen molar-refractivity contribution in [2.24, 2.45) is 0 Å². The van der Waals surface area contributed by atoms with Gasteiger partial charge in [0, 0.05) is 18.7 Å². The zero-order valence-electron chi connectivity index (χ0n) is 12.9. The monoisotopic (exact) mass is 347 g/mol. The lowest BCUT2D eigenvalue weighted by Gasteiger charge is -2.08. The normalized spacial score (nSPS) is 15.4. The van der Waals surface area contributed by atoms with Gasteiger partial charge in [-0.3, -0.25) is 19.5 Å². The second-order valence-electron chi connectivity index (χ2n) is 5.34. The van der Waals surface area contributed by atoms with Gasteiger partial charge in [0.15, 0.2) is 6.29 Å². The molecule has 0 bridgehead atoms. The molecule has 3 heterocycles.